The number of hydrogen-bond donors (Lipinski definition) is 0. The lowest BCUT2D eigenvalue weighted by Gasteiger charge is -2.18. The third-order valence-corrected chi connectivity index (χ3v) is 3.85. The quantitative estimate of drug-likeness (QED) is 0.758. The Bertz CT molecular complexity index is 615. The van der Waals surface area contributed by atoms with E-state index in [1.54, 1.807) is 7.11 Å². The molecule has 0 fully saturated rings. The van der Waals surface area contributed by atoms with E-state index >= 15 is 0 Å². The second-order valence-electron chi connectivity index (χ2n) is 5.18. The van der Waals surface area contributed by atoms with Crippen molar-refractivity contribution in [2.24, 2.45) is 0 Å². The van der Waals surface area contributed by atoms with E-state index in [0.29, 0.717) is 0 Å². The van der Waals surface area contributed by atoms with Gasteiger partial charge in [-0.1, -0.05) is 24.3 Å². The van der Waals surface area contributed by atoms with Gasteiger partial charge >= 0.3 is 0 Å². The van der Waals surface area contributed by atoms with Crippen LogP contribution in [0.5, 0.6) is 5.75 Å². The summed E-state index contributed by atoms with van der Waals surface area (Å²) in [6, 6.07) is 10.4. The van der Waals surface area contributed by atoms with Crippen LogP contribution < -0.4 is 4.74 Å². The van der Waals surface area contributed by atoms with E-state index in [0.717, 1.165) is 11.3 Å². The second-order valence-corrected chi connectivity index (χ2v) is 5.18. The predicted octanol–water partition coefficient (Wildman–Crippen LogP) is 4.57. The molecule has 0 saturated carbocycles. The van der Waals surface area contributed by atoms with Crippen molar-refractivity contribution in [2.75, 3.05) is 13.9 Å². The van der Waals surface area contributed by atoms with Crippen LogP contribution >= 0.6 is 0 Å². The fourth-order valence-corrected chi connectivity index (χ4v) is 2.62. The van der Waals surface area contributed by atoms with Crippen molar-refractivity contribution in [3.8, 4) is 16.9 Å². The van der Waals surface area contributed by atoms with E-state index in [-0.39, 0.29) is 6.79 Å². The highest BCUT2D eigenvalue weighted by molar-refractivity contribution is 5.77. The Hall–Kier alpha value is -1.80. The van der Waals surface area contributed by atoms with Gasteiger partial charge in [0.25, 0.3) is 0 Å². The standard InChI is InChI=1S/C18H22O2/c1-12-10-13(2)18(15(4)14(12)3)16-8-6-7-9-17(16)20-11-19-5/h6-10H,11H2,1-5H3. The molecule has 0 spiro atoms. The largest absolute Gasteiger partial charge is 0.467 e. The topological polar surface area (TPSA) is 18.5 Å². The van der Waals surface area contributed by atoms with Gasteiger partial charge < -0.3 is 9.47 Å². The third-order valence-electron chi connectivity index (χ3n) is 3.85. The first kappa shape index (κ1) is 14.6. The van der Waals surface area contributed by atoms with Gasteiger partial charge in [0, 0.05) is 12.7 Å². The predicted molar refractivity (Wildman–Crippen MR) is 83.3 cm³/mol. The number of para-hydroxylation sites is 1. The molecule has 20 heavy (non-hydrogen) atoms. The number of rotatable bonds is 4. The highest BCUT2D eigenvalue weighted by atomic mass is 16.7. The van der Waals surface area contributed by atoms with E-state index in [2.05, 4.69) is 39.8 Å². The van der Waals surface area contributed by atoms with E-state index < -0.39 is 0 Å². The Morgan fingerprint density at radius 1 is 0.900 bits per heavy atom. The molecule has 0 aliphatic rings. The molecule has 2 aromatic carbocycles. The smallest absolute Gasteiger partial charge is 0.188 e. The number of methoxy groups -OCH3 is 1. The molecule has 0 aliphatic carbocycles. The zero-order chi connectivity index (χ0) is 14.7. The molecule has 106 valence electrons. The summed E-state index contributed by atoms with van der Waals surface area (Å²) in [6.45, 7) is 8.93. The van der Waals surface area contributed by atoms with Gasteiger partial charge in [0.2, 0.25) is 0 Å². The van der Waals surface area contributed by atoms with Gasteiger partial charge in [-0.2, -0.15) is 0 Å². The second kappa shape index (κ2) is 6.10. The molecule has 0 bridgehead atoms. The molecule has 0 atom stereocenters. The zero-order valence-corrected chi connectivity index (χ0v) is 12.9. The Balaban J connectivity index is 2.60. The van der Waals surface area contributed by atoms with Gasteiger partial charge in [0.15, 0.2) is 6.79 Å². The lowest BCUT2D eigenvalue weighted by molar-refractivity contribution is 0.0515. The summed E-state index contributed by atoms with van der Waals surface area (Å²) in [6.07, 6.45) is 0. The molecule has 2 aromatic rings. The molecule has 2 nitrogen and oxygen atoms in total. The van der Waals surface area contributed by atoms with Crippen LogP contribution in [0.15, 0.2) is 30.3 Å². The minimum Gasteiger partial charge on any atom is -0.467 e. The molecule has 0 saturated heterocycles. The summed E-state index contributed by atoms with van der Waals surface area (Å²) >= 11 is 0. The molecule has 2 rings (SSSR count). The molecule has 0 unspecified atom stereocenters. The monoisotopic (exact) mass is 270 g/mol. The summed E-state index contributed by atoms with van der Waals surface area (Å²) < 4.78 is 10.7. The van der Waals surface area contributed by atoms with E-state index in [4.69, 9.17) is 9.47 Å². The minimum atomic E-state index is 0.264. The van der Waals surface area contributed by atoms with Crippen LogP contribution in [0, 0.1) is 27.7 Å². The third kappa shape index (κ3) is 2.70. The summed E-state index contributed by atoms with van der Waals surface area (Å²) in [5.41, 5.74) is 7.66. The van der Waals surface area contributed by atoms with Crippen LogP contribution in [-0.2, 0) is 4.74 Å². The van der Waals surface area contributed by atoms with Crippen molar-refractivity contribution in [1.29, 1.82) is 0 Å². The number of aryl methyl sites for hydroxylation is 2. The van der Waals surface area contributed by atoms with Gasteiger partial charge in [0.05, 0.1) is 0 Å². The first-order chi connectivity index (χ1) is 9.56. The SMILES string of the molecule is COCOc1ccccc1-c1c(C)cc(C)c(C)c1C. The summed E-state index contributed by atoms with van der Waals surface area (Å²) in [7, 11) is 1.63. The van der Waals surface area contributed by atoms with Gasteiger partial charge in [-0.15, -0.1) is 0 Å². The Morgan fingerprint density at radius 3 is 2.30 bits per heavy atom. The fraction of sp³-hybridized carbons (Fsp3) is 0.333. The maximum absolute atomic E-state index is 5.70. The molecule has 0 N–H and O–H groups in total. The van der Waals surface area contributed by atoms with Crippen molar-refractivity contribution in [1.82, 2.24) is 0 Å². The number of benzene rings is 2. The van der Waals surface area contributed by atoms with Crippen molar-refractivity contribution in [2.45, 2.75) is 27.7 Å². The van der Waals surface area contributed by atoms with E-state index in [1.807, 2.05) is 18.2 Å². The maximum atomic E-state index is 5.70. The lowest BCUT2D eigenvalue weighted by Crippen LogP contribution is -2.02. The molecule has 0 amide bonds. The fourth-order valence-electron chi connectivity index (χ4n) is 2.62. The first-order valence-electron chi connectivity index (χ1n) is 6.84. The van der Waals surface area contributed by atoms with Crippen molar-refractivity contribution < 1.29 is 9.47 Å². The van der Waals surface area contributed by atoms with E-state index in [9.17, 15) is 0 Å². The van der Waals surface area contributed by atoms with Gasteiger partial charge in [-0.25, -0.2) is 0 Å². The highest BCUT2D eigenvalue weighted by Gasteiger charge is 2.13. The minimum absolute atomic E-state index is 0.264. The van der Waals surface area contributed by atoms with Crippen LogP contribution in [0.4, 0.5) is 0 Å². The van der Waals surface area contributed by atoms with Crippen LogP contribution in [-0.4, -0.2) is 13.9 Å². The first-order valence-corrected chi connectivity index (χ1v) is 6.84. The van der Waals surface area contributed by atoms with Crippen LogP contribution in [0.3, 0.4) is 0 Å². The van der Waals surface area contributed by atoms with Crippen molar-refractivity contribution in [3.63, 3.8) is 0 Å². The maximum Gasteiger partial charge on any atom is 0.188 e. The van der Waals surface area contributed by atoms with Crippen LogP contribution in [0.1, 0.15) is 22.3 Å². The normalized spacial score (nSPS) is 10.7. The molecule has 0 radical (unpaired) electrons. The number of ether oxygens (including phenoxy) is 2. The Morgan fingerprint density at radius 2 is 1.60 bits per heavy atom. The molecule has 2 heteroatoms. The summed E-state index contributed by atoms with van der Waals surface area (Å²) in [5.74, 6) is 0.865. The van der Waals surface area contributed by atoms with Gasteiger partial charge in [-0.05, 0) is 61.6 Å². The molecular formula is C18H22O2. The molecule has 0 heterocycles. The highest BCUT2D eigenvalue weighted by Crippen LogP contribution is 2.36. The summed E-state index contributed by atoms with van der Waals surface area (Å²) in [4.78, 5) is 0. The van der Waals surface area contributed by atoms with Gasteiger partial charge in [0.1, 0.15) is 5.75 Å². The lowest BCUT2D eigenvalue weighted by atomic mass is 9.89. The molecular weight excluding hydrogens is 248 g/mol. The van der Waals surface area contributed by atoms with Crippen LogP contribution in [0.25, 0.3) is 11.1 Å². The summed E-state index contributed by atoms with van der Waals surface area (Å²) in [5, 5.41) is 0. The van der Waals surface area contributed by atoms with E-state index in [1.165, 1.54) is 27.8 Å². The number of hydrogen-bond acceptors (Lipinski definition) is 2. The van der Waals surface area contributed by atoms with Gasteiger partial charge in [-0.3, -0.25) is 0 Å². The molecule has 0 aliphatic heterocycles. The average molecular weight is 270 g/mol. The Labute approximate surface area is 121 Å². The zero-order valence-electron chi connectivity index (χ0n) is 12.9. The Kier molecular flexibility index (Phi) is 4.46. The van der Waals surface area contributed by atoms with Crippen molar-refractivity contribution in [3.05, 3.63) is 52.6 Å². The van der Waals surface area contributed by atoms with Crippen LogP contribution in [0.2, 0.25) is 0 Å². The molecule has 0 aromatic heterocycles. The average Bonchev–Trinajstić information content (AvgIpc) is 2.44. The van der Waals surface area contributed by atoms with Crippen molar-refractivity contribution >= 4 is 0 Å².